The molecule has 3 heteroatoms. The van der Waals surface area contributed by atoms with Gasteiger partial charge in [-0.05, 0) is 42.7 Å². The van der Waals surface area contributed by atoms with Crippen LogP contribution in [0.5, 0.6) is 0 Å². The maximum atomic E-state index is 5.55. The molecule has 2 nitrogen and oxygen atoms in total. The Hall–Kier alpha value is -1.48. The van der Waals surface area contributed by atoms with Crippen LogP contribution >= 0.6 is 11.8 Å². The van der Waals surface area contributed by atoms with Crippen LogP contribution in [-0.4, -0.2) is 4.98 Å². The third kappa shape index (κ3) is 3.24. The van der Waals surface area contributed by atoms with Gasteiger partial charge < -0.3 is 5.73 Å². The third-order valence-corrected chi connectivity index (χ3v) is 3.79. The van der Waals surface area contributed by atoms with Crippen LogP contribution in [-0.2, 0) is 5.75 Å². The molecule has 0 fully saturated rings. The van der Waals surface area contributed by atoms with Crippen LogP contribution in [0.25, 0.3) is 0 Å². The zero-order chi connectivity index (χ0) is 12.3. The number of benzene rings is 1. The number of hydrogen-bond donors (Lipinski definition) is 1. The molecule has 0 spiro atoms. The molecule has 0 saturated heterocycles. The molecule has 0 aliphatic carbocycles. The van der Waals surface area contributed by atoms with Crippen molar-refractivity contribution in [2.75, 3.05) is 5.73 Å². The Labute approximate surface area is 106 Å². The van der Waals surface area contributed by atoms with Gasteiger partial charge in [0.25, 0.3) is 0 Å². The Morgan fingerprint density at radius 3 is 2.59 bits per heavy atom. The van der Waals surface area contributed by atoms with Gasteiger partial charge in [0.15, 0.2) is 0 Å². The van der Waals surface area contributed by atoms with Crippen molar-refractivity contribution < 1.29 is 0 Å². The van der Waals surface area contributed by atoms with Crippen LogP contribution in [0, 0.1) is 13.8 Å². The summed E-state index contributed by atoms with van der Waals surface area (Å²) < 4.78 is 0. The molecule has 88 valence electrons. The first-order valence-corrected chi connectivity index (χ1v) is 6.54. The lowest BCUT2D eigenvalue weighted by Crippen LogP contribution is -1.89. The Morgan fingerprint density at radius 2 is 1.94 bits per heavy atom. The number of anilines is 1. The molecule has 1 heterocycles. The predicted octanol–water partition coefficient (Wildman–Crippen LogP) is 3.57. The van der Waals surface area contributed by atoms with E-state index in [1.54, 1.807) is 11.8 Å². The van der Waals surface area contributed by atoms with E-state index >= 15 is 0 Å². The van der Waals surface area contributed by atoms with E-state index in [-0.39, 0.29) is 0 Å². The lowest BCUT2D eigenvalue weighted by molar-refractivity contribution is 1.24. The predicted molar refractivity (Wildman–Crippen MR) is 74.1 cm³/mol. The van der Waals surface area contributed by atoms with Crippen LogP contribution in [0.2, 0.25) is 0 Å². The third-order valence-electron chi connectivity index (χ3n) is 2.74. The standard InChI is InChI=1S/C14H16N2S/c1-10-3-4-12(7-11(10)2)9-17-13-5-6-14(15)16-8-13/h3-8H,9H2,1-2H3,(H2,15,16). The first-order valence-electron chi connectivity index (χ1n) is 5.55. The van der Waals surface area contributed by atoms with Crippen LogP contribution < -0.4 is 5.73 Å². The summed E-state index contributed by atoms with van der Waals surface area (Å²) in [5, 5.41) is 0. The molecule has 0 unspecified atom stereocenters. The van der Waals surface area contributed by atoms with E-state index in [9.17, 15) is 0 Å². The van der Waals surface area contributed by atoms with Gasteiger partial charge in [0.1, 0.15) is 5.82 Å². The second kappa shape index (κ2) is 5.23. The summed E-state index contributed by atoms with van der Waals surface area (Å²) in [4.78, 5) is 5.23. The van der Waals surface area contributed by atoms with Crippen LogP contribution in [0.1, 0.15) is 16.7 Å². The van der Waals surface area contributed by atoms with Crippen molar-refractivity contribution >= 4 is 17.6 Å². The molecule has 2 N–H and O–H groups in total. The molecular formula is C14H16N2S. The van der Waals surface area contributed by atoms with Crippen LogP contribution in [0.15, 0.2) is 41.4 Å². The molecule has 0 radical (unpaired) electrons. The lowest BCUT2D eigenvalue weighted by Gasteiger charge is -2.05. The number of nitrogen functional groups attached to an aromatic ring is 1. The first kappa shape index (κ1) is 12.0. The Bertz CT molecular complexity index is 506. The van der Waals surface area contributed by atoms with Crippen molar-refractivity contribution in [2.24, 2.45) is 0 Å². The summed E-state index contributed by atoms with van der Waals surface area (Å²) in [5.74, 6) is 1.53. The van der Waals surface area contributed by atoms with Crippen molar-refractivity contribution in [1.29, 1.82) is 0 Å². The minimum Gasteiger partial charge on any atom is -0.384 e. The number of thioether (sulfide) groups is 1. The minimum absolute atomic E-state index is 0.570. The molecule has 0 amide bonds. The largest absolute Gasteiger partial charge is 0.384 e. The maximum absolute atomic E-state index is 5.55. The van der Waals surface area contributed by atoms with E-state index in [1.165, 1.54) is 16.7 Å². The van der Waals surface area contributed by atoms with Gasteiger partial charge in [0.2, 0.25) is 0 Å². The monoisotopic (exact) mass is 244 g/mol. The molecule has 0 atom stereocenters. The Kier molecular flexibility index (Phi) is 3.69. The number of nitrogens with zero attached hydrogens (tertiary/aromatic N) is 1. The molecule has 17 heavy (non-hydrogen) atoms. The summed E-state index contributed by atoms with van der Waals surface area (Å²) in [5.41, 5.74) is 9.58. The summed E-state index contributed by atoms with van der Waals surface area (Å²) in [6, 6.07) is 10.4. The van der Waals surface area contributed by atoms with Gasteiger partial charge in [-0.15, -0.1) is 11.8 Å². The highest BCUT2D eigenvalue weighted by atomic mass is 32.2. The number of aryl methyl sites for hydroxylation is 2. The van der Waals surface area contributed by atoms with E-state index < -0.39 is 0 Å². The molecule has 0 bridgehead atoms. The topological polar surface area (TPSA) is 38.9 Å². The van der Waals surface area contributed by atoms with Crippen LogP contribution in [0.4, 0.5) is 5.82 Å². The zero-order valence-electron chi connectivity index (χ0n) is 10.1. The smallest absolute Gasteiger partial charge is 0.123 e. The van der Waals surface area contributed by atoms with Gasteiger partial charge in [-0.2, -0.15) is 0 Å². The van der Waals surface area contributed by atoms with Gasteiger partial charge in [0.05, 0.1) is 0 Å². The fraction of sp³-hybridized carbons (Fsp3) is 0.214. The molecule has 2 aromatic rings. The van der Waals surface area contributed by atoms with Crippen LogP contribution in [0.3, 0.4) is 0 Å². The summed E-state index contributed by atoms with van der Waals surface area (Å²) in [7, 11) is 0. The molecule has 1 aromatic carbocycles. The highest BCUT2D eigenvalue weighted by Crippen LogP contribution is 2.23. The summed E-state index contributed by atoms with van der Waals surface area (Å²) in [6.45, 7) is 4.28. The van der Waals surface area contributed by atoms with E-state index in [0.717, 1.165) is 10.6 Å². The van der Waals surface area contributed by atoms with E-state index in [2.05, 4.69) is 37.0 Å². The average molecular weight is 244 g/mol. The van der Waals surface area contributed by atoms with Gasteiger partial charge >= 0.3 is 0 Å². The van der Waals surface area contributed by atoms with Crippen molar-refractivity contribution in [3.8, 4) is 0 Å². The molecule has 0 saturated carbocycles. The lowest BCUT2D eigenvalue weighted by atomic mass is 10.1. The second-order valence-corrected chi connectivity index (χ2v) is 5.17. The second-order valence-electron chi connectivity index (χ2n) is 4.13. The molecule has 0 aliphatic rings. The summed E-state index contributed by atoms with van der Waals surface area (Å²) >= 11 is 1.78. The number of pyridine rings is 1. The number of rotatable bonds is 3. The van der Waals surface area contributed by atoms with E-state index in [1.807, 2.05) is 18.3 Å². The van der Waals surface area contributed by atoms with Gasteiger partial charge in [-0.1, -0.05) is 18.2 Å². The molecule has 2 rings (SSSR count). The quantitative estimate of drug-likeness (QED) is 0.839. The van der Waals surface area contributed by atoms with Crippen molar-refractivity contribution in [2.45, 2.75) is 24.5 Å². The minimum atomic E-state index is 0.570. The van der Waals surface area contributed by atoms with Gasteiger partial charge in [-0.25, -0.2) is 4.98 Å². The fourth-order valence-electron chi connectivity index (χ4n) is 1.54. The van der Waals surface area contributed by atoms with Gasteiger partial charge in [0, 0.05) is 16.8 Å². The fourth-order valence-corrected chi connectivity index (χ4v) is 2.34. The number of nitrogens with two attached hydrogens (primary N) is 1. The highest BCUT2D eigenvalue weighted by molar-refractivity contribution is 7.98. The average Bonchev–Trinajstić information content (AvgIpc) is 2.33. The molecule has 0 aliphatic heterocycles. The molecule has 1 aromatic heterocycles. The maximum Gasteiger partial charge on any atom is 0.123 e. The normalized spacial score (nSPS) is 10.5. The van der Waals surface area contributed by atoms with Gasteiger partial charge in [-0.3, -0.25) is 0 Å². The van der Waals surface area contributed by atoms with E-state index in [0.29, 0.717) is 5.82 Å². The SMILES string of the molecule is Cc1ccc(CSc2ccc(N)nc2)cc1C. The van der Waals surface area contributed by atoms with E-state index in [4.69, 9.17) is 5.73 Å². The Balaban J connectivity index is 2.02. The number of hydrogen-bond acceptors (Lipinski definition) is 3. The summed E-state index contributed by atoms with van der Waals surface area (Å²) in [6.07, 6.45) is 1.82. The number of aromatic nitrogens is 1. The highest BCUT2D eigenvalue weighted by Gasteiger charge is 1.99. The zero-order valence-corrected chi connectivity index (χ0v) is 10.9. The van der Waals surface area contributed by atoms with Crippen molar-refractivity contribution in [3.05, 3.63) is 53.2 Å². The van der Waals surface area contributed by atoms with Crippen molar-refractivity contribution in [3.63, 3.8) is 0 Å². The first-order chi connectivity index (χ1) is 8.15. The Morgan fingerprint density at radius 1 is 1.12 bits per heavy atom. The van der Waals surface area contributed by atoms with Crippen molar-refractivity contribution in [1.82, 2.24) is 4.98 Å². The molecular weight excluding hydrogens is 228 g/mol.